The van der Waals surface area contributed by atoms with Crippen molar-refractivity contribution in [1.29, 1.82) is 0 Å². The van der Waals surface area contributed by atoms with E-state index in [1.807, 2.05) is 0 Å². The fourth-order valence-corrected chi connectivity index (χ4v) is 1.85. The van der Waals surface area contributed by atoms with Gasteiger partial charge in [-0.05, 0) is 25.7 Å². The zero-order valence-electron chi connectivity index (χ0n) is 8.48. The van der Waals surface area contributed by atoms with E-state index >= 15 is 0 Å². The maximum Gasteiger partial charge on any atom is 0.412 e. The highest BCUT2D eigenvalue weighted by atomic mass is 19.4. The second kappa shape index (κ2) is 4.96. The van der Waals surface area contributed by atoms with Gasteiger partial charge in [0.25, 0.3) is 0 Å². The summed E-state index contributed by atoms with van der Waals surface area (Å²) in [6, 6.07) is 0. The molecule has 1 rings (SSSR count). The molecule has 0 aliphatic heterocycles. The van der Waals surface area contributed by atoms with E-state index in [1.165, 1.54) is 0 Å². The van der Waals surface area contributed by atoms with Crippen molar-refractivity contribution in [3.8, 4) is 0 Å². The summed E-state index contributed by atoms with van der Waals surface area (Å²) in [4.78, 5) is 0. The molecule has 0 unspecified atom stereocenters. The first kappa shape index (κ1) is 12.5. The molecule has 0 bridgehead atoms. The summed E-state index contributed by atoms with van der Waals surface area (Å²) < 4.78 is 53.8. The van der Waals surface area contributed by atoms with Gasteiger partial charge < -0.3 is 4.74 Å². The Morgan fingerprint density at radius 2 is 1.73 bits per heavy atom. The normalized spacial score (nSPS) is 29.3. The van der Waals surface area contributed by atoms with Crippen molar-refractivity contribution in [2.45, 2.75) is 38.0 Å². The lowest BCUT2D eigenvalue weighted by molar-refractivity contribution is -0.0822. The molecule has 1 saturated carbocycles. The van der Waals surface area contributed by atoms with Gasteiger partial charge >= 0.3 is 6.18 Å². The molecule has 0 atom stereocenters. The number of ether oxygens (including phenoxy) is 1. The van der Waals surface area contributed by atoms with Crippen molar-refractivity contribution < 1.29 is 22.3 Å². The van der Waals surface area contributed by atoms with Gasteiger partial charge in [-0.15, -0.1) is 0 Å². The molecule has 15 heavy (non-hydrogen) atoms. The van der Waals surface area contributed by atoms with Gasteiger partial charge in [-0.3, -0.25) is 0 Å². The van der Waals surface area contributed by atoms with Crippen LogP contribution in [0.1, 0.15) is 25.7 Å². The minimum atomic E-state index is -4.55. The topological polar surface area (TPSA) is 9.23 Å². The minimum absolute atomic E-state index is 0.0694. The summed E-state index contributed by atoms with van der Waals surface area (Å²) in [7, 11) is 1.56. The standard InChI is InChI=1S/C10H14F4O/c1-15-8-4-2-7(3-5-8)9(11)6-10(12,13)14/h6-8H,2-5H2,1H3/b9-6-. The minimum Gasteiger partial charge on any atom is -0.381 e. The molecular weight excluding hydrogens is 212 g/mol. The third-order valence-electron chi connectivity index (χ3n) is 2.70. The van der Waals surface area contributed by atoms with Crippen LogP contribution in [0.4, 0.5) is 17.6 Å². The van der Waals surface area contributed by atoms with Gasteiger partial charge in [0, 0.05) is 13.0 Å². The fraction of sp³-hybridized carbons (Fsp3) is 0.800. The summed E-state index contributed by atoms with van der Waals surface area (Å²) >= 11 is 0. The Balaban J connectivity index is 2.50. The monoisotopic (exact) mass is 226 g/mol. The zero-order chi connectivity index (χ0) is 11.5. The van der Waals surface area contributed by atoms with E-state index in [-0.39, 0.29) is 12.2 Å². The lowest BCUT2D eigenvalue weighted by atomic mass is 9.86. The van der Waals surface area contributed by atoms with Crippen molar-refractivity contribution in [2.75, 3.05) is 7.11 Å². The van der Waals surface area contributed by atoms with Crippen LogP contribution in [0.25, 0.3) is 0 Å². The van der Waals surface area contributed by atoms with Crippen LogP contribution in [0.15, 0.2) is 11.9 Å². The predicted octanol–water partition coefficient (Wildman–Crippen LogP) is 3.61. The van der Waals surface area contributed by atoms with Crippen LogP contribution in [0.2, 0.25) is 0 Å². The third-order valence-corrected chi connectivity index (χ3v) is 2.70. The quantitative estimate of drug-likeness (QED) is 0.653. The molecule has 88 valence electrons. The molecule has 0 aromatic rings. The van der Waals surface area contributed by atoms with Crippen molar-refractivity contribution in [3.63, 3.8) is 0 Å². The predicted molar refractivity (Wildman–Crippen MR) is 48.0 cm³/mol. The lowest BCUT2D eigenvalue weighted by Crippen LogP contribution is -2.21. The molecule has 0 spiro atoms. The summed E-state index contributed by atoms with van der Waals surface area (Å²) in [6.45, 7) is 0. The van der Waals surface area contributed by atoms with Crippen LogP contribution in [-0.2, 0) is 4.74 Å². The summed E-state index contributed by atoms with van der Waals surface area (Å²) in [5.41, 5.74) is 0. The second-order valence-corrected chi connectivity index (χ2v) is 3.78. The molecular formula is C10H14F4O. The molecule has 5 heteroatoms. The highest BCUT2D eigenvalue weighted by molar-refractivity contribution is 5.03. The Hall–Kier alpha value is -0.580. The number of methoxy groups -OCH3 is 1. The lowest BCUT2D eigenvalue weighted by Gasteiger charge is -2.26. The Morgan fingerprint density at radius 1 is 1.20 bits per heavy atom. The van der Waals surface area contributed by atoms with E-state index in [0.717, 1.165) is 0 Å². The maximum absolute atomic E-state index is 13.1. The molecule has 0 radical (unpaired) electrons. The van der Waals surface area contributed by atoms with Crippen molar-refractivity contribution in [2.24, 2.45) is 5.92 Å². The maximum atomic E-state index is 13.1. The highest BCUT2D eigenvalue weighted by Crippen LogP contribution is 2.33. The zero-order valence-corrected chi connectivity index (χ0v) is 8.48. The van der Waals surface area contributed by atoms with Crippen LogP contribution in [0.3, 0.4) is 0 Å². The second-order valence-electron chi connectivity index (χ2n) is 3.78. The van der Waals surface area contributed by atoms with E-state index in [4.69, 9.17) is 4.74 Å². The van der Waals surface area contributed by atoms with E-state index in [9.17, 15) is 17.6 Å². The van der Waals surface area contributed by atoms with Gasteiger partial charge in [-0.1, -0.05) is 0 Å². The van der Waals surface area contributed by atoms with Crippen molar-refractivity contribution in [1.82, 2.24) is 0 Å². The summed E-state index contributed by atoms with van der Waals surface area (Å²) in [5.74, 6) is -1.63. The van der Waals surface area contributed by atoms with E-state index < -0.39 is 17.9 Å². The van der Waals surface area contributed by atoms with Crippen molar-refractivity contribution in [3.05, 3.63) is 11.9 Å². The third kappa shape index (κ3) is 4.20. The van der Waals surface area contributed by atoms with Gasteiger partial charge in [0.2, 0.25) is 0 Å². The molecule has 0 N–H and O–H groups in total. The Morgan fingerprint density at radius 3 is 2.13 bits per heavy atom. The van der Waals surface area contributed by atoms with Gasteiger partial charge in [-0.2, -0.15) is 13.2 Å². The first-order chi connectivity index (χ1) is 6.92. The SMILES string of the molecule is COC1CCC(/C(F)=C/C(F)(F)F)CC1. The van der Waals surface area contributed by atoms with Crippen molar-refractivity contribution >= 4 is 0 Å². The number of halogens is 4. The van der Waals surface area contributed by atoms with Crippen LogP contribution in [0.5, 0.6) is 0 Å². The average Bonchev–Trinajstić information content (AvgIpc) is 2.15. The van der Waals surface area contributed by atoms with Crippen LogP contribution < -0.4 is 0 Å². The smallest absolute Gasteiger partial charge is 0.381 e. The number of alkyl halides is 3. The molecule has 1 aliphatic rings. The van der Waals surface area contributed by atoms with Gasteiger partial charge in [0.1, 0.15) is 5.83 Å². The molecule has 0 aromatic carbocycles. The van der Waals surface area contributed by atoms with Gasteiger partial charge in [0.15, 0.2) is 0 Å². The Kier molecular flexibility index (Phi) is 4.13. The number of allylic oxidation sites excluding steroid dienone is 2. The molecule has 1 fully saturated rings. The van der Waals surface area contributed by atoms with Crippen LogP contribution in [-0.4, -0.2) is 19.4 Å². The largest absolute Gasteiger partial charge is 0.412 e. The highest BCUT2D eigenvalue weighted by Gasteiger charge is 2.30. The summed E-state index contributed by atoms with van der Waals surface area (Å²) in [6.07, 6.45) is -2.61. The first-order valence-electron chi connectivity index (χ1n) is 4.90. The molecule has 0 heterocycles. The number of hydrogen-bond acceptors (Lipinski definition) is 1. The number of rotatable bonds is 2. The van der Waals surface area contributed by atoms with Gasteiger partial charge in [0.05, 0.1) is 12.2 Å². The molecule has 1 nitrogen and oxygen atoms in total. The van der Waals surface area contributed by atoms with E-state index in [2.05, 4.69) is 0 Å². The summed E-state index contributed by atoms with van der Waals surface area (Å²) in [5, 5.41) is 0. The fourth-order valence-electron chi connectivity index (χ4n) is 1.85. The Bertz CT molecular complexity index is 226. The van der Waals surface area contributed by atoms with Crippen LogP contribution in [0, 0.1) is 5.92 Å². The van der Waals surface area contributed by atoms with E-state index in [1.54, 1.807) is 7.11 Å². The number of hydrogen-bond donors (Lipinski definition) is 0. The molecule has 0 amide bonds. The molecule has 0 saturated heterocycles. The molecule has 0 aromatic heterocycles. The molecule has 1 aliphatic carbocycles. The first-order valence-corrected chi connectivity index (χ1v) is 4.90. The Labute approximate surface area is 86.1 Å². The average molecular weight is 226 g/mol. The van der Waals surface area contributed by atoms with Gasteiger partial charge in [-0.25, -0.2) is 4.39 Å². The van der Waals surface area contributed by atoms with E-state index in [0.29, 0.717) is 25.7 Å². The van der Waals surface area contributed by atoms with Crippen LogP contribution >= 0.6 is 0 Å².